The number of thiophene rings is 1. The lowest BCUT2D eigenvalue weighted by Gasteiger charge is -2.19. The van der Waals surface area contributed by atoms with Crippen molar-refractivity contribution in [2.45, 2.75) is 38.8 Å². The quantitative estimate of drug-likeness (QED) is 0.850. The van der Waals surface area contributed by atoms with Crippen LogP contribution in [0.25, 0.3) is 0 Å². The Hall–Kier alpha value is -1.39. The molecule has 4 heteroatoms. The van der Waals surface area contributed by atoms with Gasteiger partial charge in [0.05, 0.1) is 0 Å². The van der Waals surface area contributed by atoms with Gasteiger partial charge < -0.3 is 10.2 Å². The van der Waals surface area contributed by atoms with Crippen molar-refractivity contribution in [2.75, 3.05) is 18.5 Å². The number of nitrogens with zero attached hydrogens (tertiary/aromatic N) is 2. The molecule has 0 bridgehead atoms. The summed E-state index contributed by atoms with van der Waals surface area (Å²) in [5.74, 6) is 1.07. The molecule has 2 aromatic rings. The number of anilines is 1. The maximum Gasteiger partial charge on any atom is 0.128 e. The number of hydrogen-bond donors (Lipinski definition) is 1. The van der Waals surface area contributed by atoms with Gasteiger partial charge in [-0.15, -0.1) is 11.3 Å². The second kappa shape index (κ2) is 6.58. The van der Waals surface area contributed by atoms with E-state index in [1.165, 1.54) is 23.3 Å². The zero-order valence-corrected chi connectivity index (χ0v) is 13.6. The molecule has 0 radical (unpaired) electrons. The predicted molar refractivity (Wildman–Crippen MR) is 90.1 cm³/mol. The Labute approximate surface area is 131 Å². The minimum Gasteiger partial charge on any atom is -0.359 e. The monoisotopic (exact) mass is 301 g/mol. The molecule has 2 heterocycles. The maximum atomic E-state index is 4.76. The Morgan fingerprint density at radius 2 is 2.19 bits per heavy atom. The summed E-state index contributed by atoms with van der Waals surface area (Å²) >= 11 is 1.83. The minimum absolute atomic E-state index is 0.748. The smallest absolute Gasteiger partial charge is 0.128 e. The Balaban J connectivity index is 1.57. The predicted octanol–water partition coefficient (Wildman–Crippen LogP) is 3.38. The van der Waals surface area contributed by atoms with Crippen molar-refractivity contribution in [2.24, 2.45) is 0 Å². The lowest BCUT2D eigenvalue weighted by molar-refractivity contribution is 0.682. The molecular weight excluding hydrogens is 278 g/mol. The highest BCUT2D eigenvalue weighted by Crippen LogP contribution is 2.20. The zero-order chi connectivity index (χ0) is 14.7. The zero-order valence-electron chi connectivity index (χ0n) is 12.8. The van der Waals surface area contributed by atoms with Gasteiger partial charge in [0.2, 0.25) is 0 Å². The van der Waals surface area contributed by atoms with Crippen LogP contribution in [-0.2, 0) is 13.0 Å². The summed E-state index contributed by atoms with van der Waals surface area (Å²) in [7, 11) is 2.12. The van der Waals surface area contributed by atoms with Crippen LogP contribution in [0.4, 0.5) is 5.82 Å². The van der Waals surface area contributed by atoms with Crippen molar-refractivity contribution in [3.63, 3.8) is 0 Å². The summed E-state index contributed by atoms with van der Waals surface area (Å²) in [6.45, 7) is 4.07. The minimum atomic E-state index is 0.748. The van der Waals surface area contributed by atoms with Gasteiger partial charge in [-0.3, -0.25) is 0 Å². The van der Waals surface area contributed by atoms with Crippen LogP contribution in [0.5, 0.6) is 0 Å². The summed E-state index contributed by atoms with van der Waals surface area (Å²) in [5.41, 5.74) is 2.46. The molecule has 1 aliphatic rings. The van der Waals surface area contributed by atoms with Crippen molar-refractivity contribution in [1.29, 1.82) is 0 Å². The van der Waals surface area contributed by atoms with E-state index in [1.54, 1.807) is 0 Å². The lowest BCUT2D eigenvalue weighted by atomic mass is 10.2. The fraction of sp³-hybridized carbons (Fsp3) is 0.471. The second-order valence-corrected chi connectivity index (χ2v) is 6.85. The second-order valence-electron chi connectivity index (χ2n) is 5.82. The Morgan fingerprint density at radius 1 is 1.33 bits per heavy atom. The van der Waals surface area contributed by atoms with Crippen LogP contribution in [0.1, 0.15) is 29.0 Å². The fourth-order valence-corrected chi connectivity index (χ4v) is 3.06. The first-order valence-corrected chi connectivity index (χ1v) is 8.54. The van der Waals surface area contributed by atoms with Crippen LogP contribution in [-0.4, -0.2) is 24.6 Å². The average Bonchev–Trinajstić information content (AvgIpc) is 3.17. The molecule has 0 aromatic carbocycles. The summed E-state index contributed by atoms with van der Waals surface area (Å²) in [5, 5.41) is 5.69. The van der Waals surface area contributed by atoms with Crippen LogP contribution < -0.4 is 10.2 Å². The van der Waals surface area contributed by atoms with Gasteiger partial charge in [-0.1, -0.05) is 12.1 Å². The molecular formula is C17H23N3S. The summed E-state index contributed by atoms with van der Waals surface area (Å²) in [6, 6.07) is 9.42. The van der Waals surface area contributed by atoms with E-state index in [1.807, 2.05) is 11.3 Å². The molecule has 0 amide bonds. The third-order valence-corrected chi connectivity index (χ3v) is 4.94. The summed E-state index contributed by atoms with van der Waals surface area (Å²) in [4.78, 5) is 8.44. The van der Waals surface area contributed by atoms with Crippen molar-refractivity contribution < 1.29 is 0 Å². The van der Waals surface area contributed by atoms with E-state index < -0.39 is 0 Å². The molecule has 3 nitrogen and oxygen atoms in total. The van der Waals surface area contributed by atoms with Crippen LogP contribution in [0, 0.1) is 6.92 Å². The van der Waals surface area contributed by atoms with E-state index in [2.05, 4.69) is 53.8 Å². The first kappa shape index (κ1) is 14.5. The van der Waals surface area contributed by atoms with Gasteiger partial charge in [0.25, 0.3) is 0 Å². The summed E-state index contributed by atoms with van der Waals surface area (Å²) in [6.07, 6.45) is 3.74. The normalized spacial score (nSPS) is 14.4. The molecule has 0 unspecified atom stereocenters. The Bertz CT molecular complexity index is 576. The van der Waals surface area contributed by atoms with Crippen molar-refractivity contribution in [3.8, 4) is 0 Å². The SMILES string of the molecule is Cc1nc(N(C)CCc2cccs2)ccc1CNC1CC1. The van der Waals surface area contributed by atoms with Crippen LogP contribution in [0.15, 0.2) is 29.6 Å². The number of nitrogens with one attached hydrogen (secondary N) is 1. The van der Waals surface area contributed by atoms with Crippen LogP contribution in [0.3, 0.4) is 0 Å². The standard InChI is InChI=1S/C17H23N3S/c1-13-14(12-18-15-6-7-15)5-8-17(19-13)20(2)10-9-16-4-3-11-21-16/h3-5,8,11,15,18H,6-7,9-10,12H2,1-2H3. The molecule has 112 valence electrons. The van der Waals surface area contributed by atoms with E-state index >= 15 is 0 Å². The van der Waals surface area contributed by atoms with Gasteiger partial charge in [0.15, 0.2) is 0 Å². The van der Waals surface area contributed by atoms with E-state index in [-0.39, 0.29) is 0 Å². The van der Waals surface area contributed by atoms with Crippen molar-refractivity contribution >= 4 is 17.2 Å². The summed E-state index contributed by atoms with van der Waals surface area (Å²) < 4.78 is 0. The first-order chi connectivity index (χ1) is 10.2. The third kappa shape index (κ3) is 4.05. The molecule has 1 fully saturated rings. The van der Waals surface area contributed by atoms with Crippen molar-refractivity contribution in [3.05, 3.63) is 45.8 Å². The van der Waals surface area contributed by atoms with Gasteiger partial charge in [-0.25, -0.2) is 4.98 Å². The van der Waals surface area contributed by atoms with Gasteiger partial charge in [-0.05, 0) is 49.3 Å². The van der Waals surface area contributed by atoms with E-state index in [4.69, 9.17) is 4.98 Å². The number of likely N-dealkylation sites (N-methyl/N-ethyl adjacent to an activating group) is 1. The molecule has 2 aromatic heterocycles. The topological polar surface area (TPSA) is 28.2 Å². The lowest BCUT2D eigenvalue weighted by Crippen LogP contribution is -2.22. The highest BCUT2D eigenvalue weighted by molar-refractivity contribution is 7.09. The van der Waals surface area contributed by atoms with Gasteiger partial charge in [0, 0.05) is 36.8 Å². The van der Waals surface area contributed by atoms with Gasteiger partial charge >= 0.3 is 0 Å². The highest BCUT2D eigenvalue weighted by Gasteiger charge is 2.20. The van der Waals surface area contributed by atoms with Gasteiger partial charge in [0.1, 0.15) is 5.82 Å². The molecule has 0 saturated heterocycles. The highest BCUT2D eigenvalue weighted by atomic mass is 32.1. The Kier molecular flexibility index (Phi) is 4.56. The average molecular weight is 301 g/mol. The fourth-order valence-electron chi connectivity index (χ4n) is 2.37. The number of hydrogen-bond acceptors (Lipinski definition) is 4. The number of aryl methyl sites for hydroxylation is 1. The van der Waals surface area contributed by atoms with Crippen LogP contribution in [0.2, 0.25) is 0 Å². The van der Waals surface area contributed by atoms with Crippen LogP contribution >= 0.6 is 11.3 Å². The van der Waals surface area contributed by atoms with Crippen molar-refractivity contribution in [1.82, 2.24) is 10.3 Å². The van der Waals surface area contributed by atoms with E-state index in [9.17, 15) is 0 Å². The largest absolute Gasteiger partial charge is 0.359 e. The third-order valence-electron chi connectivity index (χ3n) is 4.00. The molecule has 1 saturated carbocycles. The van der Waals surface area contributed by atoms with Gasteiger partial charge in [-0.2, -0.15) is 0 Å². The molecule has 0 atom stereocenters. The maximum absolute atomic E-state index is 4.76. The molecule has 1 N–H and O–H groups in total. The molecule has 3 rings (SSSR count). The first-order valence-electron chi connectivity index (χ1n) is 7.66. The van der Waals surface area contributed by atoms with E-state index in [0.717, 1.165) is 37.1 Å². The molecule has 21 heavy (non-hydrogen) atoms. The Morgan fingerprint density at radius 3 is 2.86 bits per heavy atom. The molecule has 0 spiro atoms. The molecule has 0 aliphatic heterocycles. The molecule has 1 aliphatic carbocycles. The number of pyridine rings is 1. The number of aromatic nitrogens is 1. The number of rotatable bonds is 7. The van der Waals surface area contributed by atoms with E-state index in [0.29, 0.717) is 0 Å².